The van der Waals surface area contributed by atoms with Gasteiger partial charge < -0.3 is 21.1 Å². The Labute approximate surface area is 143 Å². The molecule has 0 radical (unpaired) electrons. The number of anilines is 1. The monoisotopic (exact) mass is 334 g/mol. The van der Waals surface area contributed by atoms with Crippen LogP contribution in [0.1, 0.15) is 43.5 Å². The van der Waals surface area contributed by atoms with Gasteiger partial charge in [0.1, 0.15) is 5.60 Å². The second-order valence-corrected chi connectivity index (χ2v) is 6.85. The molecule has 1 heterocycles. The molecule has 1 amide bonds. The number of carbonyl (C=O) groups is 2. The van der Waals surface area contributed by atoms with Crippen molar-refractivity contribution < 1.29 is 19.6 Å². The third-order valence-corrected chi connectivity index (χ3v) is 4.59. The van der Waals surface area contributed by atoms with Crippen molar-refractivity contribution >= 4 is 17.6 Å². The number of piperidine rings is 1. The van der Waals surface area contributed by atoms with Crippen molar-refractivity contribution in [1.82, 2.24) is 5.32 Å². The Morgan fingerprint density at radius 3 is 2.50 bits per heavy atom. The summed E-state index contributed by atoms with van der Waals surface area (Å²) >= 11 is 0. The summed E-state index contributed by atoms with van der Waals surface area (Å²) in [4.78, 5) is 24.0. The zero-order chi connectivity index (χ0) is 17.6. The largest absolute Gasteiger partial charge is 0.459 e. The fraction of sp³-hybridized carbons (Fsp3) is 0.556. The second kappa shape index (κ2) is 8.15. The molecule has 0 atom stereocenters. The predicted octanol–water partition coefficient (Wildman–Crippen LogP) is 0.684. The van der Waals surface area contributed by atoms with Crippen LogP contribution in [0.4, 0.5) is 5.69 Å². The number of nitrogens with two attached hydrogens (primary N) is 2. The Kier molecular flexibility index (Phi) is 6.20. The fourth-order valence-electron chi connectivity index (χ4n) is 3.06. The van der Waals surface area contributed by atoms with Gasteiger partial charge in [0.15, 0.2) is 0 Å². The van der Waals surface area contributed by atoms with E-state index in [1.54, 1.807) is 24.3 Å². The third kappa shape index (κ3) is 5.23. The molecular weight excluding hydrogens is 306 g/mol. The number of amides is 1. The van der Waals surface area contributed by atoms with Crippen LogP contribution < -0.4 is 16.4 Å². The molecule has 0 spiro atoms. The summed E-state index contributed by atoms with van der Waals surface area (Å²) < 4.78 is 5.66. The lowest BCUT2D eigenvalue weighted by atomic mass is 9.83. The predicted molar refractivity (Wildman–Crippen MR) is 92.4 cm³/mol. The van der Waals surface area contributed by atoms with Gasteiger partial charge in [0.05, 0.1) is 19.5 Å². The molecule has 132 valence electrons. The lowest BCUT2D eigenvalue weighted by molar-refractivity contribution is -0.665. The molecule has 1 saturated heterocycles. The number of rotatable bonds is 6. The Balaban J connectivity index is 1.74. The van der Waals surface area contributed by atoms with Crippen LogP contribution >= 0.6 is 0 Å². The molecule has 0 aromatic heterocycles. The summed E-state index contributed by atoms with van der Waals surface area (Å²) in [6, 6.07) is 6.67. The van der Waals surface area contributed by atoms with E-state index in [0.717, 1.165) is 25.9 Å². The van der Waals surface area contributed by atoms with Crippen LogP contribution in [0, 0.1) is 5.92 Å². The minimum absolute atomic E-state index is 0.170. The van der Waals surface area contributed by atoms with Crippen molar-refractivity contribution in [1.29, 1.82) is 0 Å². The van der Waals surface area contributed by atoms with Crippen molar-refractivity contribution in [2.24, 2.45) is 5.92 Å². The van der Waals surface area contributed by atoms with E-state index in [1.807, 2.05) is 13.8 Å². The lowest BCUT2D eigenvalue weighted by Gasteiger charge is -2.35. The van der Waals surface area contributed by atoms with Crippen LogP contribution in [0.25, 0.3) is 0 Å². The highest BCUT2D eigenvalue weighted by atomic mass is 16.6. The molecule has 0 saturated carbocycles. The topological polar surface area (TPSA) is 98.0 Å². The van der Waals surface area contributed by atoms with Crippen LogP contribution in [0.5, 0.6) is 0 Å². The first-order chi connectivity index (χ1) is 11.4. The highest BCUT2D eigenvalue weighted by Gasteiger charge is 2.35. The van der Waals surface area contributed by atoms with Crippen LogP contribution in [-0.2, 0) is 9.53 Å². The number of nitrogen functional groups attached to an aromatic ring is 1. The van der Waals surface area contributed by atoms with E-state index >= 15 is 0 Å². The van der Waals surface area contributed by atoms with E-state index in [1.165, 1.54) is 0 Å². The van der Waals surface area contributed by atoms with Crippen molar-refractivity contribution in [3.8, 4) is 0 Å². The van der Waals surface area contributed by atoms with Crippen LogP contribution in [-0.4, -0.2) is 37.1 Å². The number of quaternary nitrogens is 1. The van der Waals surface area contributed by atoms with E-state index < -0.39 is 5.60 Å². The van der Waals surface area contributed by atoms with Gasteiger partial charge in [-0.2, -0.15) is 0 Å². The average molecular weight is 334 g/mol. The van der Waals surface area contributed by atoms with Gasteiger partial charge in [0, 0.05) is 36.6 Å². The Morgan fingerprint density at radius 1 is 1.25 bits per heavy atom. The molecule has 6 nitrogen and oxygen atoms in total. The first-order valence-corrected chi connectivity index (χ1v) is 8.56. The summed E-state index contributed by atoms with van der Waals surface area (Å²) in [5.74, 6) is -0.0899. The van der Waals surface area contributed by atoms with Gasteiger partial charge in [-0.05, 0) is 38.1 Å². The second-order valence-electron chi connectivity index (χ2n) is 6.85. The van der Waals surface area contributed by atoms with E-state index in [0.29, 0.717) is 17.2 Å². The maximum absolute atomic E-state index is 12.1. The van der Waals surface area contributed by atoms with Crippen molar-refractivity contribution in [2.45, 2.75) is 38.7 Å². The van der Waals surface area contributed by atoms with Crippen molar-refractivity contribution in [3.05, 3.63) is 29.8 Å². The van der Waals surface area contributed by atoms with E-state index in [2.05, 4.69) is 10.6 Å². The SMILES string of the molecule is CC(C)(OC(=O)CCNC(=O)c1ccc(N)cc1)C1CC[NH2+]CC1. The summed E-state index contributed by atoms with van der Waals surface area (Å²) in [5, 5.41) is 5.02. The number of nitrogens with one attached hydrogen (secondary N) is 1. The number of hydrogen-bond acceptors (Lipinski definition) is 4. The summed E-state index contributed by atoms with van der Waals surface area (Å²) in [6.07, 6.45) is 2.30. The summed E-state index contributed by atoms with van der Waals surface area (Å²) in [7, 11) is 0. The van der Waals surface area contributed by atoms with Gasteiger partial charge in [-0.15, -0.1) is 0 Å². The average Bonchev–Trinajstić information content (AvgIpc) is 2.55. The lowest BCUT2D eigenvalue weighted by Crippen LogP contribution is -2.86. The molecule has 24 heavy (non-hydrogen) atoms. The number of carbonyl (C=O) groups excluding carboxylic acids is 2. The number of esters is 1. The molecule has 1 fully saturated rings. The molecule has 6 heteroatoms. The maximum Gasteiger partial charge on any atom is 0.308 e. The van der Waals surface area contributed by atoms with Gasteiger partial charge in [-0.3, -0.25) is 9.59 Å². The van der Waals surface area contributed by atoms with Gasteiger partial charge in [0.2, 0.25) is 0 Å². The third-order valence-electron chi connectivity index (χ3n) is 4.59. The highest BCUT2D eigenvalue weighted by molar-refractivity contribution is 5.94. The quantitative estimate of drug-likeness (QED) is 0.526. The van der Waals surface area contributed by atoms with Gasteiger partial charge in [0.25, 0.3) is 5.91 Å². The Bertz CT molecular complexity index is 563. The minimum Gasteiger partial charge on any atom is -0.459 e. The molecule has 1 aromatic carbocycles. The molecule has 1 aliphatic rings. The first kappa shape index (κ1) is 18.3. The number of benzene rings is 1. The van der Waals surface area contributed by atoms with Crippen LogP contribution in [0.3, 0.4) is 0 Å². The maximum atomic E-state index is 12.1. The molecule has 2 rings (SSSR count). The molecule has 0 aliphatic carbocycles. The molecule has 0 bridgehead atoms. The molecule has 1 aliphatic heterocycles. The highest BCUT2D eigenvalue weighted by Crippen LogP contribution is 2.28. The van der Waals surface area contributed by atoms with Crippen molar-refractivity contribution in [2.75, 3.05) is 25.4 Å². The Hall–Kier alpha value is -2.08. The Morgan fingerprint density at radius 2 is 1.88 bits per heavy atom. The molecule has 5 N–H and O–H groups in total. The van der Waals surface area contributed by atoms with Gasteiger partial charge in [-0.25, -0.2) is 0 Å². The van der Waals surface area contributed by atoms with Crippen molar-refractivity contribution in [3.63, 3.8) is 0 Å². The zero-order valence-electron chi connectivity index (χ0n) is 14.5. The first-order valence-electron chi connectivity index (χ1n) is 8.56. The molecule has 0 unspecified atom stereocenters. The number of ether oxygens (including phenoxy) is 1. The van der Waals surface area contributed by atoms with Gasteiger partial charge >= 0.3 is 5.97 Å². The van der Waals surface area contributed by atoms with E-state index in [-0.39, 0.29) is 24.8 Å². The van der Waals surface area contributed by atoms with Gasteiger partial charge in [-0.1, -0.05) is 0 Å². The molecular formula is C18H28N3O3+. The summed E-state index contributed by atoms with van der Waals surface area (Å²) in [6.45, 7) is 6.39. The fourth-order valence-corrected chi connectivity index (χ4v) is 3.06. The zero-order valence-corrected chi connectivity index (χ0v) is 14.5. The van der Waals surface area contributed by atoms with Crippen LogP contribution in [0.2, 0.25) is 0 Å². The minimum atomic E-state index is -0.452. The number of hydrogen-bond donors (Lipinski definition) is 3. The van der Waals surface area contributed by atoms with E-state index in [9.17, 15) is 9.59 Å². The van der Waals surface area contributed by atoms with Crippen LogP contribution in [0.15, 0.2) is 24.3 Å². The summed E-state index contributed by atoms with van der Waals surface area (Å²) in [5.41, 5.74) is 6.27. The normalized spacial score (nSPS) is 15.8. The van der Waals surface area contributed by atoms with E-state index in [4.69, 9.17) is 10.5 Å². The molecule has 1 aromatic rings. The standard InChI is InChI=1S/C18H27N3O3/c1-18(2,14-7-10-20-11-8-14)24-16(22)9-12-21-17(23)13-3-5-15(19)6-4-13/h3-6,14,20H,7-12,19H2,1-2H3,(H,21,23)/p+1. The smallest absolute Gasteiger partial charge is 0.308 e.